The second-order valence-corrected chi connectivity index (χ2v) is 10.9. The highest BCUT2D eigenvalue weighted by Gasteiger charge is 2.22. The highest BCUT2D eigenvalue weighted by Crippen LogP contribution is 2.27. The predicted octanol–water partition coefficient (Wildman–Crippen LogP) is 5.95. The fraction of sp³-hybridized carbons (Fsp3) is 0.233. The molecule has 0 aliphatic heterocycles. The number of thioether (sulfide) groups is 1. The number of benzene rings is 3. The number of hydrogen-bond donors (Lipinski definition) is 2. The molecule has 8 heteroatoms. The topological polar surface area (TPSA) is 82.5 Å². The molecule has 196 valence electrons. The maximum absolute atomic E-state index is 13.3. The van der Waals surface area contributed by atoms with Crippen molar-refractivity contribution in [3.05, 3.63) is 112 Å². The number of aliphatic carboxylic acids is 1. The first kappa shape index (κ1) is 27.6. The summed E-state index contributed by atoms with van der Waals surface area (Å²) < 4.78 is 0. The van der Waals surface area contributed by atoms with E-state index in [1.807, 2.05) is 84.7 Å². The lowest BCUT2D eigenvalue weighted by Gasteiger charge is -2.23. The molecule has 4 rings (SSSR count). The number of nitrogens with one attached hydrogen (secondary N) is 1. The normalized spacial score (nSPS) is 11.8. The molecule has 1 amide bonds. The van der Waals surface area contributed by atoms with Crippen LogP contribution in [0, 0.1) is 0 Å². The first-order valence-electron chi connectivity index (χ1n) is 12.4. The van der Waals surface area contributed by atoms with Crippen molar-refractivity contribution in [3.63, 3.8) is 0 Å². The van der Waals surface area contributed by atoms with E-state index in [0.29, 0.717) is 24.3 Å². The zero-order valence-electron chi connectivity index (χ0n) is 21.2. The first-order valence-corrected chi connectivity index (χ1v) is 14.7. The summed E-state index contributed by atoms with van der Waals surface area (Å²) in [5.74, 6) is -0.752. The average molecular weight is 546 g/mol. The summed E-state index contributed by atoms with van der Waals surface area (Å²) in [4.78, 5) is 32.8. The van der Waals surface area contributed by atoms with Crippen molar-refractivity contribution in [1.29, 1.82) is 0 Å². The van der Waals surface area contributed by atoms with E-state index in [2.05, 4.69) is 27.3 Å². The fourth-order valence-corrected chi connectivity index (χ4v) is 5.39. The Morgan fingerprint density at radius 1 is 0.974 bits per heavy atom. The van der Waals surface area contributed by atoms with Gasteiger partial charge in [-0.15, -0.1) is 11.3 Å². The standard InChI is InChI=1S/C30H31N3O3S2/c1-37-15-14-28(30(35)36)32-29(34)26-13-12-23(16-27(26)24-10-6-3-7-11-24)19-33(20-25-17-31-21-38-25)18-22-8-4-2-5-9-22/h2-13,16-17,21,28H,14-15,18-20H2,1H3,(H,32,34)(H,35,36)/t28-/m0/s1. The Hall–Kier alpha value is -3.46. The molecule has 0 aliphatic rings. The van der Waals surface area contributed by atoms with Crippen LogP contribution in [-0.4, -0.2) is 44.9 Å². The Bertz CT molecular complexity index is 1320. The van der Waals surface area contributed by atoms with Crippen LogP contribution in [-0.2, 0) is 24.4 Å². The molecular formula is C30H31N3O3S2. The molecule has 0 saturated carbocycles. The second-order valence-electron chi connectivity index (χ2n) is 8.99. The molecule has 38 heavy (non-hydrogen) atoms. The lowest BCUT2D eigenvalue weighted by Crippen LogP contribution is -2.41. The molecule has 0 saturated heterocycles. The summed E-state index contributed by atoms with van der Waals surface area (Å²) in [6.07, 6.45) is 4.19. The zero-order valence-corrected chi connectivity index (χ0v) is 22.9. The molecule has 0 spiro atoms. The van der Waals surface area contributed by atoms with Gasteiger partial charge in [0.15, 0.2) is 0 Å². The molecule has 0 bridgehead atoms. The number of amides is 1. The van der Waals surface area contributed by atoms with Gasteiger partial charge in [0.05, 0.1) is 5.51 Å². The third-order valence-corrected chi connectivity index (χ3v) is 7.55. The molecule has 0 aliphatic carbocycles. The molecule has 1 atom stereocenters. The fourth-order valence-electron chi connectivity index (χ4n) is 4.28. The quantitative estimate of drug-likeness (QED) is 0.216. The van der Waals surface area contributed by atoms with Crippen molar-refractivity contribution >= 4 is 35.0 Å². The molecule has 0 radical (unpaired) electrons. The number of thiazole rings is 1. The lowest BCUT2D eigenvalue weighted by atomic mass is 9.96. The molecule has 0 unspecified atom stereocenters. The van der Waals surface area contributed by atoms with Crippen molar-refractivity contribution in [2.45, 2.75) is 32.1 Å². The van der Waals surface area contributed by atoms with Crippen molar-refractivity contribution in [1.82, 2.24) is 15.2 Å². The van der Waals surface area contributed by atoms with E-state index in [4.69, 9.17) is 0 Å². The average Bonchev–Trinajstić information content (AvgIpc) is 3.45. The number of hydrogen-bond acceptors (Lipinski definition) is 6. The van der Waals surface area contributed by atoms with Gasteiger partial charge >= 0.3 is 5.97 Å². The van der Waals surface area contributed by atoms with E-state index in [9.17, 15) is 14.7 Å². The summed E-state index contributed by atoms with van der Waals surface area (Å²) >= 11 is 3.19. The molecule has 0 fully saturated rings. The minimum Gasteiger partial charge on any atom is -0.480 e. The van der Waals surface area contributed by atoms with Gasteiger partial charge in [-0.3, -0.25) is 14.7 Å². The van der Waals surface area contributed by atoms with E-state index in [1.54, 1.807) is 23.1 Å². The molecule has 2 N–H and O–H groups in total. The van der Waals surface area contributed by atoms with Gasteiger partial charge in [-0.1, -0.05) is 66.7 Å². The van der Waals surface area contributed by atoms with E-state index < -0.39 is 12.0 Å². The van der Waals surface area contributed by atoms with Gasteiger partial charge in [0, 0.05) is 36.3 Å². The summed E-state index contributed by atoms with van der Waals surface area (Å²) in [6.45, 7) is 2.22. The van der Waals surface area contributed by atoms with Crippen molar-refractivity contribution < 1.29 is 14.7 Å². The molecule has 4 aromatic rings. The molecule has 1 heterocycles. The number of carbonyl (C=O) groups excluding carboxylic acids is 1. The summed E-state index contributed by atoms with van der Waals surface area (Å²) in [6, 6.07) is 25.0. The van der Waals surface area contributed by atoms with Crippen molar-refractivity contribution in [2.24, 2.45) is 0 Å². The zero-order chi connectivity index (χ0) is 26.7. The van der Waals surface area contributed by atoms with Gasteiger partial charge in [0.1, 0.15) is 6.04 Å². The monoisotopic (exact) mass is 545 g/mol. The summed E-state index contributed by atoms with van der Waals surface area (Å²) in [7, 11) is 0. The smallest absolute Gasteiger partial charge is 0.326 e. The minimum atomic E-state index is -1.02. The Kier molecular flexibility index (Phi) is 10.1. The molecule has 3 aromatic carbocycles. The van der Waals surface area contributed by atoms with Gasteiger partial charge < -0.3 is 10.4 Å². The van der Waals surface area contributed by atoms with E-state index >= 15 is 0 Å². The van der Waals surface area contributed by atoms with E-state index in [0.717, 1.165) is 29.8 Å². The Balaban J connectivity index is 1.63. The Labute approximate surface area is 231 Å². The third kappa shape index (κ3) is 7.77. The largest absolute Gasteiger partial charge is 0.480 e. The van der Waals surface area contributed by atoms with Crippen LogP contribution in [0.25, 0.3) is 11.1 Å². The maximum atomic E-state index is 13.3. The minimum absolute atomic E-state index is 0.368. The number of carbonyl (C=O) groups is 2. The number of carboxylic acids is 1. The van der Waals surface area contributed by atoms with Crippen LogP contribution >= 0.6 is 23.1 Å². The highest BCUT2D eigenvalue weighted by atomic mass is 32.2. The van der Waals surface area contributed by atoms with Crippen LogP contribution in [0.3, 0.4) is 0 Å². The summed E-state index contributed by atoms with van der Waals surface area (Å²) in [5, 5.41) is 12.4. The van der Waals surface area contributed by atoms with Crippen LogP contribution in [0.4, 0.5) is 0 Å². The predicted molar refractivity (Wildman–Crippen MR) is 155 cm³/mol. The van der Waals surface area contributed by atoms with Crippen molar-refractivity contribution in [2.75, 3.05) is 12.0 Å². The maximum Gasteiger partial charge on any atom is 0.326 e. The SMILES string of the molecule is CSCC[C@H](NC(=O)c1ccc(CN(Cc2ccccc2)Cc2cncs2)cc1-c1ccccc1)C(=O)O. The highest BCUT2D eigenvalue weighted by molar-refractivity contribution is 7.98. The number of rotatable bonds is 13. The van der Waals surface area contributed by atoms with Gasteiger partial charge in [-0.05, 0) is 52.8 Å². The van der Waals surface area contributed by atoms with E-state index in [-0.39, 0.29) is 5.91 Å². The first-order chi connectivity index (χ1) is 18.5. The van der Waals surface area contributed by atoms with Crippen molar-refractivity contribution in [3.8, 4) is 11.1 Å². The van der Waals surface area contributed by atoms with Crippen LogP contribution < -0.4 is 5.32 Å². The summed E-state index contributed by atoms with van der Waals surface area (Å²) in [5.41, 5.74) is 6.30. The van der Waals surface area contributed by atoms with Gasteiger partial charge in [-0.2, -0.15) is 11.8 Å². The molecule has 6 nitrogen and oxygen atoms in total. The molecule has 1 aromatic heterocycles. The Morgan fingerprint density at radius 3 is 2.34 bits per heavy atom. The van der Waals surface area contributed by atoms with Crippen LogP contribution in [0.2, 0.25) is 0 Å². The van der Waals surface area contributed by atoms with Gasteiger partial charge in [-0.25, -0.2) is 4.79 Å². The lowest BCUT2D eigenvalue weighted by molar-refractivity contribution is -0.139. The molecular weight excluding hydrogens is 514 g/mol. The van der Waals surface area contributed by atoms with Gasteiger partial charge in [0.2, 0.25) is 0 Å². The number of aromatic nitrogens is 1. The second kappa shape index (κ2) is 13.9. The number of nitrogens with zero attached hydrogens (tertiary/aromatic N) is 2. The Morgan fingerprint density at radius 2 is 1.68 bits per heavy atom. The van der Waals surface area contributed by atoms with Crippen LogP contribution in [0.1, 0.15) is 32.8 Å². The van der Waals surface area contributed by atoms with E-state index in [1.165, 1.54) is 10.4 Å². The third-order valence-electron chi connectivity index (χ3n) is 6.15. The van der Waals surface area contributed by atoms with Gasteiger partial charge in [0.25, 0.3) is 5.91 Å². The number of carboxylic acid groups (broad SMARTS) is 1. The van der Waals surface area contributed by atoms with Crippen LogP contribution in [0.5, 0.6) is 0 Å². The van der Waals surface area contributed by atoms with Crippen LogP contribution in [0.15, 0.2) is 90.6 Å².